The predicted octanol–water partition coefficient (Wildman–Crippen LogP) is 2.91. The van der Waals surface area contributed by atoms with Gasteiger partial charge in [0, 0.05) is 54.1 Å². The van der Waals surface area contributed by atoms with Gasteiger partial charge in [-0.25, -0.2) is 0 Å². The molecule has 0 saturated carbocycles. The van der Waals surface area contributed by atoms with Gasteiger partial charge in [-0.2, -0.15) is 0 Å². The summed E-state index contributed by atoms with van der Waals surface area (Å²) in [6.45, 7) is 5.05. The van der Waals surface area contributed by atoms with Crippen LogP contribution in [0.4, 0.5) is 5.69 Å². The standard InChI is InChI=1S/C25H27N3O4/c29-10-6-17-2-1-3-23-24(17)21(25(30)27-23)16-19-14-18-15-20(4-5-22(18)26-19)32-13-9-28-7-11-31-12-8-28/h1-5,14-16,26,29H,6-13H2,(H,27,30)/b21-16-. The third-order valence-electron chi connectivity index (χ3n) is 5.99. The van der Waals surface area contributed by atoms with Gasteiger partial charge in [0.15, 0.2) is 0 Å². The third kappa shape index (κ3) is 4.27. The third-order valence-corrected chi connectivity index (χ3v) is 5.99. The average Bonchev–Trinajstić information content (AvgIpc) is 3.35. The Labute approximate surface area is 186 Å². The van der Waals surface area contributed by atoms with Crippen LogP contribution >= 0.6 is 0 Å². The van der Waals surface area contributed by atoms with Crippen LogP contribution < -0.4 is 10.1 Å². The van der Waals surface area contributed by atoms with Gasteiger partial charge in [-0.15, -0.1) is 0 Å². The zero-order chi connectivity index (χ0) is 21.9. The fourth-order valence-electron chi connectivity index (χ4n) is 4.37. The number of carbonyl (C=O) groups is 1. The number of nitrogens with zero attached hydrogens (tertiary/aromatic N) is 1. The number of benzene rings is 2. The maximum Gasteiger partial charge on any atom is 0.256 e. The molecule has 0 spiro atoms. The number of fused-ring (bicyclic) bond motifs is 2. The van der Waals surface area contributed by atoms with Crippen LogP contribution in [-0.2, 0) is 16.0 Å². The van der Waals surface area contributed by atoms with E-state index in [0.717, 1.165) is 72.0 Å². The topological polar surface area (TPSA) is 86.8 Å². The lowest BCUT2D eigenvalue weighted by molar-refractivity contribution is -0.110. The van der Waals surface area contributed by atoms with Crippen LogP contribution in [0, 0.1) is 0 Å². The molecule has 2 aliphatic rings. The molecule has 1 saturated heterocycles. The number of aromatic amines is 1. The van der Waals surface area contributed by atoms with Crippen molar-refractivity contribution in [2.24, 2.45) is 0 Å². The average molecular weight is 434 g/mol. The van der Waals surface area contributed by atoms with Gasteiger partial charge in [-0.05, 0) is 48.4 Å². The van der Waals surface area contributed by atoms with Gasteiger partial charge in [0.05, 0.1) is 18.8 Å². The van der Waals surface area contributed by atoms with Crippen LogP contribution in [0.1, 0.15) is 16.8 Å². The zero-order valence-corrected chi connectivity index (χ0v) is 17.9. The van der Waals surface area contributed by atoms with Gasteiger partial charge in [0.2, 0.25) is 0 Å². The lowest BCUT2D eigenvalue weighted by Gasteiger charge is -2.26. The minimum atomic E-state index is -0.129. The maximum atomic E-state index is 12.6. The Kier molecular flexibility index (Phi) is 5.94. The van der Waals surface area contributed by atoms with Crippen molar-refractivity contribution in [3.05, 3.63) is 59.3 Å². The minimum absolute atomic E-state index is 0.0403. The lowest BCUT2D eigenvalue weighted by atomic mass is 9.98. The number of rotatable bonds is 7. The van der Waals surface area contributed by atoms with Crippen molar-refractivity contribution >= 4 is 34.1 Å². The van der Waals surface area contributed by atoms with Crippen LogP contribution in [0.2, 0.25) is 0 Å². The first-order chi connectivity index (χ1) is 15.7. The van der Waals surface area contributed by atoms with Crippen LogP contribution in [-0.4, -0.2) is 67.0 Å². The number of morpholine rings is 1. The second-order valence-electron chi connectivity index (χ2n) is 8.10. The second-order valence-corrected chi connectivity index (χ2v) is 8.10. The number of hydrogen-bond donors (Lipinski definition) is 3. The molecule has 0 aliphatic carbocycles. The highest BCUT2D eigenvalue weighted by atomic mass is 16.5. The Morgan fingerprint density at radius 2 is 2.03 bits per heavy atom. The van der Waals surface area contributed by atoms with E-state index in [1.807, 2.05) is 48.5 Å². The van der Waals surface area contributed by atoms with Crippen molar-refractivity contribution in [2.75, 3.05) is 51.4 Å². The van der Waals surface area contributed by atoms with Crippen molar-refractivity contribution in [3.8, 4) is 5.75 Å². The predicted molar refractivity (Wildman–Crippen MR) is 125 cm³/mol. The molecular weight excluding hydrogens is 406 g/mol. The summed E-state index contributed by atoms with van der Waals surface area (Å²) in [5.74, 6) is 0.703. The summed E-state index contributed by atoms with van der Waals surface area (Å²) in [5.41, 5.74) is 5.07. The summed E-state index contributed by atoms with van der Waals surface area (Å²) in [6, 6.07) is 13.8. The second kappa shape index (κ2) is 9.16. The summed E-state index contributed by atoms with van der Waals surface area (Å²) in [6.07, 6.45) is 2.38. The fourth-order valence-corrected chi connectivity index (χ4v) is 4.37. The molecule has 0 unspecified atom stereocenters. The Bertz CT molecular complexity index is 1160. The lowest BCUT2D eigenvalue weighted by Crippen LogP contribution is -2.38. The number of carbonyl (C=O) groups excluding carboxylic acids is 1. The van der Waals surface area contributed by atoms with Crippen molar-refractivity contribution in [3.63, 3.8) is 0 Å². The summed E-state index contributed by atoms with van der Waals surface area (Å²) >= 11 is 0. The molecule has 32 heavy (non-hydrogen) atoms. The number of amides is 1. The Balaban J connectivity index is 1.35. The highest BCUT2D eigenvalue weighted by Gasteiger charge is 2.26. The van der Waals surface area contributed by atoms with Gasteiger partial charge in [-0.1, -0.05) is 12.1 Å². The van der Waals surface area contributed by atoms with E-state index in [9.17, 15) is 9.90 Å². The molecule has 5 rings (SSSR count). The number of H-pyrrole nitrogens is 1. The van der Waals surface area contributed by atoms with Crippen molar-refractivity contribution < 1.29 is 19.4 Å². The number of nitrogens with one attached hydrogen (secondary N) is 2. The van der Waals surface area contributed by atoms with E-state index in [1.54, 1.807) is 0 Å². The summed E-state index contributed by atoms with van der Waals surface area (Å²) in [4.78, 5) is 18.3. The molecule has 3 N–H and O–H groups in total. The van der Waals surface area contributed by atoms with E-state index >= 15 is 0 Å². The first-order valence-corrected chi connectivity index (χ1v) is 11.0. The van der Waals surface area contributed by atoms with E-state index < -0.39 is 0 Å². The molecule has 1 fully saturated rings. The molecule has 2 aliphatic heterocycles. The molecule has 2 aromatic carbocycles. The van der Waals surface area contributed by atoms with Crippen LogP contribution in [0.15, 0.2) is 42.5 Å². The number of anilines is 1. The maximum absolute atomic E-state index is 12.6. The van der Waals surface area contributed by atoms with Gasteiger partial charge in [-0.3, -0.25) is 9.69 Å². The molecule has 7 nitrogen and oxygen atoms in total. The van der Waals surface area contributed by atoms with Crippen LogP contribution in [0.5, 0.6) is 5.75 Å². The first-order valence-electron chi connectivity index (χ1n) is 11.0. The molecule has 7 heteroatoms. The number of aromatic nitrogens is 1. The summed E-state index contributed by atoms with van der Waals surface area (Å²) in [5, 5.41) is 13.4. The van der Waals surface area contributed by atoms with Gasteiger partial charge in [0.25, 0.3) is 5.91 Å². The fraction of sp³-hybridized carbons (Fsp3) is 0.320. The summed E-state index contributed by atoms with van der Waals surface area (Å²) < 4.78 is 11.3. The quantitative estimate of drug-likeness (QED) is 0.499. The number of aliphatic hydroxyl groups is 1. The molecule has 1 aromatic heterocycles. The molecule has 0 bridgehead atoms. The van der Waals surface area contributed by atoms with Gasteiger partial charge in [0.1, 0.15) is 12.4 Å². The number of aliphatic hydroxyl groups excluding tert-OH is 1. The Morgan fingerprint density at radius 1 is 1.16 bits per heavy atom. The Hall–Kier alpha value is -3.13. The van der Waals surface area contributed by atoms with Crippen LogP contribution in [0.25, 0.3) is 22.6 Å². The SMILES string of the molecule is O=C1Nc2cccc(CCO)c2/C1=C/c1cc2cc(OCCN3CCOCC3)ccc2[nH]1. The van der Waals surface area contributed by atoms with Gasteiger partial charge >= 0.3 is 0 Å². The molecule has 166 valence electrons. The van der Waals surface area contributed by atoms with Crippen molar-refractivity contribution in [1.82, 2.24) is 9.88 Å². The molecule has 1 amide bonds. The largest absolute Gasteiger partial charge is 0.492 e. The van der Waals surface area contributed by atoms with E-state index in [2.05, 4.69) is 15.2 Å². The molecular formula is C25H27N3O4. The minimum Gasteiger partial charge on any atom is -0.492 e. The zero-order valence-electron chi connectivity index (χ0n) is 17.9. The van der Waals surface area contributed by atoms with Crippen LogP contribution in [0.3, 0.4) is 0 Å². The highest BCUT2D eigenvalue weighted by molar-refractivity contribution is 6.35. The highest BCUT2D eigenvalue weighted by Crippen LogP contribution is 2.36. The van der Waals surface area contributed by atoms with Crippen molar-refractivity contribution in [1.29, 1.82) is 0 Å². The first kappa shape index (κ1) is 20.8. The molecule has 3 aromatic rings. The number of hydrogen-bond acceptors (Lipinski definition) is 5. The molecule has 3 heterocycles. The Morgan fingerprint density at radius 3 is 2.88 bits per heavy atom. The van der Waals surface area contributed by atoms with E-state index in [-0.39, 0.29) is 12.5 Å². The molecule has 0 radical (unpaired) electrons. The number of ether oxygens (including phenoxy) is 2. The van der Waals surface area contributed by atoms with Crippen molar-refractivity contribution in [2.45, 2.75) is 6.42 Å². The van der Waals surface area contributed by atoms with E-state index in [4.69, 9.17) is 9.47 Å². The van der Waals surface area contributed by atoms with Gasteiger partial charge < -0.3 is 24.9 Å². The molecule has 0 atom stereocenters. The van der Waals surface area contributed by atoms with E-state index in [1.165, 1.54) is 0 Å². The normalized spacial score (nSPS) is 17.7. The monoisotopic (exact) mass is 433 g/mol. The summed E-state index contributed by atoms with van der Waals surface area (Å²) in [7, 11) is 0. The smallest absolute Gasteiger partial charge is 0.256 e. The van der Waals surface area contributed by atoms with E-state index in [0.29, 0.717) is 18.6 Å².